The summed E-state index contributed by atoms with van der Waals surface area (Å²) < 4.78 is -1.01. The maximum absolute atomic E-state index is 6.11. The summed E-state index contributed by atoms with van der Waals surface area (Å²) in [6, 6.07) is 7.59. The van der Waals surface area contributed by atoms with Crippen LogP contribution in [0.1, 0.15) is 19.4 Å². The van der Waals surface area contributed by atoms with Crippen LogP contribution in [0, 0.1) is 0 Å². The van der Waals surface area contributed by atoms with Gasteiger partial charge in [-0.15, -0.1) is 0 Å². The molecule has 17 heavy (non-hydrogen) atoms. The molecule has 0 heterocycles. The molecule has 1 aromatic carbocycles. The second kappa shape index (κ2) is 5.03. The number of allylic oxidation sites excluding steroid dienone is 4. The molecule has 0 saturated heterocycles. The smallest absolute Gasteiger partial charge is 0.161 e. The van der Waals surface area contributed by atoms with Crippen LogP contribution in [0.4, 0.5) is 5.69 Å². The number of anilines is 1. The van der Waals surface area contributed by atoms with Gasteiger partial charge in [-0.2, -0.15) is 0 Å². The van der Waals surface area contributed by atoms with Crippen molar-refractivity contribution in [3.8, 4) is 0 Å². The van der Waals surface area contributed by atoms with Crippen molar-refractivity contribution in [1.82, 2.24) is 0 Å². The Balaban J connectivity index is 0.00000144. The Bertz CT molecular complexity index is 459. The third-order valence-corrected chi connectivity index (χ3v) is 3.28. The van der Waals surface area contributed by atoms with Crippen molar-refractivity contribution in [1.29, 1.82) is 0 Å². The van der Waals surface area contributed by atoms with Gasteiger partial charge in [0.2, 0.25) is 0 Å². The van der Waals surface area contributed by atoms with Crippen molar-refractivity contribution in [3.63, 3.8) is 0 Å². The third kappa shape index (κ3) is 2.96. The van der Waals surface area contributed by atoms with Gasteiger partial charge >= 0.3 is 0 Å². The summed E-state index contributed by atoms with van der Waals surface area (Å²) in [5, 5.41) is 0. The van der Waals surface area contributed by atoms with Crippen LogP contribution in [-0.2, 0) is 0 Å². The molecular weight excluding hydrogens is 255 g/mol. The van der Waals surface area contributed by atoms with E-state index in [4.69, 9.17) is 34.7 Å². The van der Waals surface area contributed by atoms with Gasteiger partial charge in [0, 0.05) is 17.8 Å². The monoisotopic (exact) mass is 270 g/mol. The largest absolute Gasteiger partial charge is 0.400 e. The number of rotatable bonds is 1. The van der Waals surface area contributed by atoms with Crippen LogP contribution in [-0.4, -0.2) is 4.33 Å². The zero-order valence-electron chi connectivity index (χ0n) is 8.58. The maximum atomic E-state index is 6.11. The van der Waals surface area contributed by atoms with E-state index in [1.165, 1.54) is 0 Å². The van der Waals surface area contributed by atoms with Crippen molar-refractivity contribution in [2.24, 2.45) is 5.73 Å². The van der Waals surface area contributed by atoms with Crippen LogP contribution in [0.3, 0.4) is 0 Å². The average molecular weight is 271 g/mol. The van der Waals surface area contributed by atoms with Crippen molar-refractivity contribution in [2.45, 2.75) is 18.2 Å². The van der Waals surface area contributed by atoms with Gasteiger partial charge in [-0.25, -0.2) is 0 Å². The number of nitrogen functional groups attached to an aromatic ring is 1. The molecule has 0 amide bonds. The number of alkyl halides is 2. The van der Waals surface area contributed by atoms with Gasteiger partial charge in [0.05, 0.1) is 0 Å². The Morgan fingerprint density at radius 2 is 1.59 bits per heavy atom. The Labute approximate surface area is 112 Å². The van der Waals surface area contributed by atoms with Gasteiger partial charge in [-0.1, -0.05) is 48.8 Å². The highest BCUT2D eigenvalue weighted by atomic mass is 35.5. The molecule has 0 radical (unpaired) electrons. The number of hydrogen-bond donors (Lipinski definition) is 2. The minimum Gasteiger partial charge on any atom is -0.400 e. The summed E-state index contributed by atoms with van der Waals surface area (Å²) in [4.78, 5) is 0. The fraction of sp³-hybridized carbons (Fsp3) is 0.231. The van der Waals surface area contributed by atoms with Crippen molar-refractivity contribution in [3.05, 3.63) is 47.7 Å². The number of benzene rings is 1. The van der Waals surface area contributed by atoms with E-state index < -0.39 is 4.33 Å². The van der Waals surface area contributed by atoms with E-state index in [-0.39, 0.29) is 7.43 Å². The molecule has 0 fully saturated rings. The molecule has 4 heteroatoms. The molecule has 0 aromatic heterocycles. The Morgan fingerprint density at radius 3 is 2.12 bits per heavy atom. The summed E-state index contributed by atoms with van der Waals surface area (Å²) in [7, 11) is 0. The molecule has 4 N–H and O–H groups in total. The molecule has 0 atom stereocenters. The lowest BCUT2D eigenvalue weighted by molar-refractivity contribution is 0.892. The van der Waals surface area contributed by atoms with Crippen LogP contribution in [0.15, 0.2) is 42.1 Å². The number of halogens is 2. The lowest BCUT2D eigenvalue weighted by Crippen LogP contribution is -2.25. The lowest BCUT2D eigenvalue weighted by atomic mass is 9.95. The van der Waals surface area contributed by atoms with Crippen LogP contribution >= 0.6 is 23.2 Å². The molecule has 92 valence electrons. The third-order valence-electron chi connectivity index (χ3n) is 2.58. The summed E-state index contributed by atoms with van der Waals surface area (Å²) in [5.41, 5.74) is 14.7. The number of nitrogens with two attached hydrogens (primary N) is 2. The second-order valence-electron chi connectivity index (χ2n) is 3.82. The molecule has 2 nitrogen and oxygen atoms in total. The van der Waals surface area contributed by atoms with Crippen LogP contribution in [0.5, 0.6) is 0 Å². The fourth-order valence-corrected chi connectivity index (χ4v) is 2.02. The highest BCUT2D eigenvalue weighted by Gasteiger charge is 2.31. The molecule has 0 bridgehead atoms. The van der Waals surface area contributed by atoms with Crippen LogP contribution in [0.2, 0.25) is 0 Å². The molecule has 1 aliphatic rings. The molecule has 0 unspecified atom stereocenters. The zero-order chi connectivity index (χ0) is 11.8. The summed E-state index contributed by atoms with van der Waals surface area (Å²) in [6.07, 6.45) is 4.18. The van der Waals surface area contributed by atoms with Gasteiger partial charge < -0.3 is 11.5 Å². The predicted molar refractivity (Wildman–Crippen MR) is 76.9 cm³/mol. The zero-order valence-corrected chi connectivity index (χ0v) is 10.1. The van der Waals surface area contributed by atoms with Gasteiger partial charge in [0.1, 0.15) is 0 Å². The predicted octanol–water partition coefficient (Wildman–Crippen LogP) is 3.71. The fourth-order valence-electron chi connectivity index (χ4n) is 1.61. The first-order chi connectivity index (χ1) is 7.49. The Morgan fingerprint density at radius 1 is 1.00 bits per heavy atom. The standard InChI is InChI=1S/C12H12Cl2N2.CH4/c13-12(14)7-9(3-6-11(12)16)8-1-4-10(15)5-2-8;/h1-6H,7,15-16H2;1H4. The van der Waals surface area contributed by atoms with E-state index in [1.807, 2.05) is 30.3 Å². The second-order valence-corrected chi connectivity index (χ2v) is 5.30. The van der Waals surface area contributed by atoms with Crippen molar-refractivity contribution >= 4 is 34.5 Å². The van der Waals surface area contributed by atoms with Gasteiger partial charge in [-0.05, 0) is 29.3 Å². The van der Waals surface area contributed by atoms with Gasteiger partial charge in [0.15, 0.2) is 4.33 Å². The lowest BCUT2D eigenvalue weighted by Gasteiger charge is -2.25. The number of hydrogen-bond acceptors (Lipinski definition) is 2. The van der Waals surface area contributed by atoms with E-state index in [0.717, 1.165) is 16.8 Å². The first-order valence-corrected chi connectivity index (χ1v) is 5.65. The van der Waals surface area contributed by atoms with Crippen LogP contribution in [0.25, 0.3) is 5.57 Å². The van der Waals surface area contributed by atoms with Gasteiger partial charge in [-0.3, -0.25) is 0 Å². The van der Waals surface area contributed by atoms with Crippen molar-refractivity contribution < 1.29 is 0 Å². The first-order valence-electron chi connectivity index (χ1n) is 4.89. The highest BCUT2D eigenvalue weighted by Crippen LogP contribution is 2.40. The SMILES string of the molecule is C.NC1=CC=C(c2ccc(N)cc2)CC1(Cl)Cl. The molecule has 2 rings (SSSR count). The van der Waals surface area contributed by atoms with E-state index in [0.29, 0.717) is 12.1 Å². The molecule has 1 aliphatic carbocycles. The minimum atomic E-state index is -1.01. The van der Waals surface area contributed by atoms with Gasteiger partial charge in [0.25, 0.3) is 0 Å². The van der Waals surface area contributed by atoms with E-state index >= 15 is 0 Å². The Kier molecular flexibility index (Phi) is 4.12. The minimum absolute atomic E-state index is 0. The van der Waals surface area contributed by atoms with E-state index in [2.05, 4.69) is 0 Å². The quantitative estimate of drug-likeness (QED) is 0.604. The van der Waals surface area contributed by atoms with E-state index in [1.54, 1.807) is 6.08 Å². The van der Waals surface area contributed by atoms with E-state index in [9.17, 15) is 0 Å². The average Bonchev–Trinajstić information content (AvgIpc) is 2.23. The topological polar surface area (TPSA) is 52.0 Å². The summed E-state index contributed by atoms with van der Waals surface area (Å²) >= 11 is 12.2. The van der Waals surface area contributed by atoms with Crippen LogP contribution < -0.4 is 11.5 Å². The molecular formula is C13H16Cl2N2. The Hall–Kier alpha value is -1.12. The maximum Gasteiger partial charge on any atom is 0.161 e. The normalized spacial score (nSPS) is 17.8. The molecule has 1 aromatic rings. The summed E-state index contributed by atoms with van der Waals surface area (Å²) in [6.45, 7) is 0. The highest BCUT2D eigenvalue weighted by molar-refractivity contribution is 6.51. The molecule has 0 aliphatic heterocycles. The van der Waals surface area contributed by atoms with Crippen molar-refractivity contribution in [2.75, 3.05) is 5.73 Å². The molecule has 0 spiro atoms. The summed E-state index contributed by atoms with van der Waals surface area (Å²) in [5.74, 6) is 0. The molecule has 0 saturated carbocycles. The first kappa shape index (κ1) is 13.9.